The minimum atomic E-state index is -3.58. The largest absolute Gasteiger partial charge is 0.366 e. The average molecular weight is 324 g/mol. The molecule has 8 heteroatoms. The number of nitrogens with one attached hydrogen (secondary N) is 2. The lowest BCUT2D eigenvalue weighted by Gasteiger charge is -2.06. The Morgan fingerprint density at radius 1 is 1.19 bits per heavy atom. The molecule has 1 aliphatic carbocycles. The number of thiophene rings is 1. The fourth-order valence-corrected chi connectivity index (χ4v) is 4.07. The first kappa shape index (κ1) is 14.3. The molecule has 0 aliphatic heterocycles. The minimum Gasteiger partial charge on any atom is -0.366 e. The van der Waals surface area contributed by atoms with Crippen molar-refractivity contribution in [3.63, 3.8) is 0 Å². The lowest BCUT2D eigenvalue weighted by molar-refractivity contribution is 0.603. The maximum Gasteiger partial charge on any atom is 0.272 e. The normalized spacial score (nSPS) is 14.9. The molecule has 1 fully saturated rings. The molecule has 0 spiro atoms. The number of rotatable bonds is 6. The van der Waals surface area contributed by atoms with E-state index in [4.69, 9.17) is 0 Å². The van der Waals surface area contributed by atoms with Crippen molar-refractivity contribution in [2.75, 3.05) is 10.0 Å². The van der Waals surface area contributed by atoms with Gasteiger partial charge in [-0.15, -0.1) is 21.5 Å². The number of sulfonamides is 1. The molecule has 2 aromatic heterocycles. The average Bonchev–Trinajstić information content (AvgIpc) is 3.13. The van der Waals surface area contributed by atoms with Crippen LogP contribution in [0.1, 0.15) is 24.6 Å². The van der Waals surface area contributed by atoms with E-state index in [1.54, 1.807) is 18.2 Å². The van der Waals surface area contributed by atoms with E-state index in [0.717, 1.165) is 24.1 Å². The first-order valence-electron chi connectivity index (χ1n) is 6.78. The molecule has 2 heterocycles. The van der Waals surface area contributed by atoms with Crippen LogP contribution in [-0.4, -0.2) is 24.7 Å². The highest BCUT2D eigenvalue weighted by Crippen LogP contribution is 2.25. The molecular formula is C13H16N4O2S2. The minimum absolute atomic E-state index is 0.225. The van der Waals surface area contributed by atoms with Gasteiger partial charge in [0.1, 0.15) is 10.0 Å². The zero-order chi connectivity index (χ0) is 14.9. The zero-order valence-electron chi connectivity index (χ0n) is 11.5. The van der Waals surface area contributed by atoms with Gasteiger partial charge in [-0.05, 0) is 43.5 Å². The molecule has 2 aromatic rings. The van der Waals surface area contributed by atoms with Crippen LogP contribution in [0.4, 0.5) is 11.6 Å². The van der Waals surface area contributed by atoms with E-state index in [9.17, 15) is 8.42 Å². The monoisotopic (exact) mass is 324 g/mol. The second-order valence-electron chi connectivity index (χ2n) is 4.90. The molecule has 1 saturated carbocycles. The van der Waals surface area contributed by atoms with Crippen LogP contribution in [0, 0.1) is 0 Å². The molecule has 0 aromatic carbocycles. The summed E-state index contributed by atoms with van der Waals surface area (Å²) in [4.78, 5) is 1.03. The number of anilines is 2. The van der Waals surface area contributed by atoms with Crippen LogP contribution < -0.4 is 10.0 Å². The van der Waals surface area contributed by atoms with Gasteiger partial charge in [-0.3, -0.25) is 4.72 Å². The van der Waals surface area contributed by atoms with Crippen LogP contribution in [0.25, 0.3) is 0 Å². The fraction of sp³-hybridized carbons (Fsp3) is 0.385. The molecule has 21 heavy (non-hydrogen) atoms. The summed E-state index contributed by atoms with van der Waals surface area (Å²) in [6.07, 6.45) is 3.12. The Labute approximate surface area is 127 Å². The maximum atomic E-state index is 12.2. The van der Waals surface area contributed by atoms with Crippen LogP contribution >= 0.6 is 11.3 Å². The molecule has 0 unspecified atom stereocenters. The van der Waals surface area contributed by atoms with Gasteiger partial charge < -0.3 is 5.32 Å². The van der Waals surface area contributed by atoms with Crippen LogP contribution in [0.5, 0.6) is 0 Å². The number of hydrogen-bond acceptors (Lipinski definition) is 6. The summed E-state index contributed by atoms with van der Waals surface area (Å²) in [6.45, 7) is 1.99. The second-order valence-corrected chi connectivity index (χ2v) is 7.98. The van der Waals surface area contributed by atoms with Crippen molar-refractivity contribution >= 4 is 33.0 Å². The third-order valence-corrected chi connectivity index (χ3v) is 6.16. The molecule has 0 amide bonds. The lowest BCUT2D eigenvalue weighted by Crippen LogP contribution is -2.13. The van der Waals surface area contributed by atoms with Crippen molar-refractivity contribution in [2.45, 2.75) is 36.4 Å². The maximum absolute atomic E-state index is 12.2. The van der Waals surface area contributed by atoms with Crippen molar-refractivity contribution in [3.8, 4) is 0 Å². The number of hydrogen-bond donors (Lipinski definition) is 2. The highest BCUT2D eigenvalue weighted by molar-refractivity contribution is 7.94. The van der Waals surface area contributed by atoms with E-state index in [2.05, 4.69) is 20.2 Å². The van der Waals surface area contributed by atoms with Crippen molar-refractivity contribution in [3.05, 3.63) is 29.1 Å². The fourth-order valence-electron chi connectivity index (χ4n) is 1.78. The van der Waals surface area contributed by atoms with Gasteiger partial charge in [-0.2, -0.15) is 0 Å². The molecule has 0 saturated heterocycles. The van der Waals surface area contributed by atoms with Crippen molar-refractivity contribution in [1.29, 1.82) is 0 Å². The lowest BCUT2D eigenvalue weighted by atomic mass is 10.4. The highest BCUT2D eigenvalue weighted by atomic mass is 32.2. The standard InChI is InChI=1S/C13H16N4O2S2/c1-2-10-5-8-13(20-10)21(18,19)17-12-7-6-11(15-16-12)14-9-3-4-9/h5-9H,2-4H2,1H3,(H,14,15)(H,16,17). The van der Waals surface area contributed by atoms with Gasteiger partial charge in [0.25, 0.3) is 10.0 Å². The summed E-state index contributed by atoms with van der Waals surface area (Å²) in [6, 6.07) is 7.27. The molecule has 3 rings (SSSR count). The van der Waals surface area contributed by atoms with Gasteiger partial charge >= 0.3 is 0 Å². The molecule has 0 bridgehead atoms. The first-order valence-corrected chi connectivity index (χ1v) is 9.08. The van der Waals surface area contributed by atoms with E-state index in [-0.39, 0.29) is 5.82 Å². The summed E-state index contributed by atoms with van der Waals surface area (Å²) in [5.74, 6) is 0.896. The zero-order valence-corrected chi connectivity index (χ0v) is 13.2. The van der Waals surface area contributed by atoms with E-state index in [1.807, 2.05) is 13.0 Å². The predicted molar refractivity (Wildman–Crippen MR) is 83.2 cm³/mol. The quantitative estimate of drug-likeness (QED) is 0.853. The van der Waals surface area contributed by atoms with Crippen LogP contribution in [0.3, 0.4) is 0 Å². The SMILES string of the molecule is CCc1ccc(S(=O)(=O)Nc2ccc(NC3CC3)nn2)s1. The third-order valence-electron chi connectivity index (χ3n) is 3.08. The summed E-state index contributed by atoms with van der Waals surface area (Å²) < 4.78 is 27.2. The van der Waals surface area contributed by atoms with Crippen molar-refractivity contribution in [2.24, 2.45) is 0 Å². The third kappa shape index (κ3) is 3.51. The molecule has 2 N–H and O–H groups in total. The van der Waals surface area contributed by atoms with Gasteiger partial charge in [0.15, 0.2) is 5.82 Å². The van der Waals surface area contributed by atoms with Crippen LogP contribution in [-0.2, 0) is 16.4 Å². The van der Waals surface area contributed by atoms with E-state index >= 15 is 0 Å². The molecule has 0 radical (unpaired) electrons. The Morgan fingerprint density at radius 2 is 1.90 bits per heavy atom. The van der Waals surface area contributed by atoms with Crippen molar-refractivity contribution in [1.82, 2.24) is 10.2 Å². The summed E-state index contributed by atoms with van der Waals surface area (Å²) in [5.41, 5.74) is 0. The van der Waals surface area contributed by atoms with Crippen LogP contribution in [0.15, 0.2) is 28.5 Å². The van der Waals surface area contributed by atoms with Gasteiger partial charge in [0.05, 0.1) is 0 Å². The molecule has 6 nitrogen and oxygen atoms in total. The Morgan fingerprint density at radius 3 is 2.48 bits per heavy atom. The smallest absolute Gasteiger partial charge is 0.272 e. The van der Waals surface area contributed by atoms with Gasteiger partial charge in [-0.1, -0.05) is 6.92 Å². The van der Waals surface area contributed by atoms with E-state index in [0.29, 0.717) is 16.1 Å². The Kier molecular flexibility index (Phi) is 3.81. The highest BCUT2D eigenvalue weighted by Gasteiger charge is 2.22. The first-order chi connectivity index (χ1) is 10.1. The second kappa shape index (κ2) is 5.61. The predicted octanol–water partition coefficient (Wildman–Crippen LogP) is 2.48. The Balaban J connectivity index is 1.71. The van der Waals surface area contributed by atoms with Gasteiger partial charge in [0.2, 0.25) is 0 Å². The number of aromatic nitrogens is 2. The molecule has 0 atom stereocenters. The topological polar surface area (TPSA) is 84.0 Å². The number of aryl methyl sites for hydroxylation is 1. The Bertz CT molecular complexity index is 721. The van der Waals surface area contributed by atoms with Gasteiger partial charge in [-0.25, -0.2) is 8.42 Å². The number of nitrogens with zero attached hydrogens (tertiary/aromatic N) is 2. The van der Waals surface area contributed by atoms with E-state index < -0.39 is 10.0 Å². The van der Waals surface area contributed by atoms with E-state index in [1.165, 1.54) is 11.3 Å². The van der Waals surface area contributed by atoms with Crippen molar-refractivity contribution < 1.29 is 8.42 Å². The van der Waals surface area contributed by atoms with Crippen LogP contribution in [0.2, 0.25) is 0 Å². The Hall–Kier alpha value is -1.67. The summed E-state index contributed by atoms with van der Waals surface area (Å²) >= 11 is 1.27. The summed E-state index contributed by atoms with van der Waals surface area (Å²) in [5, 5.41) is 11.1. The van der Waals surface area contributed by atoms with Gasteiger partial charge in [0, 0.05) is 10.9 Å². The summed E-state index contributed by atoms with van der Waals surface area (Å²) in [7, 11) is -3.58. The molecular weight excluding hydrogens is 308 g/mol. The molecule has 112 valence electrons. The molecule has 1 aliphatic rings.